The Morgan fingerprint density at radius 2 is 1.62 bits per heavy atom. The summed E-state index contributed by atoms with van der Waals surface area (Å²) in [6.45, 7) is 8.99. The summed E-state index contributed by atoms with van der Waals surface area (Å²) in [7, 11) is 1.62. The minimum absolute atomic E-state index is 0.0889. The van der Waals surface area contributed by atoms with Crippen LogP contribution in [0, 0.1) is 6.92 Å². The number of ether oxygens (including phenoxy) is 2. The number of nitrogens with one attached hydrogen (secondary N) is 3. The number of para-hydroxylation sites is 2. The van der Waals surface area contributed by atoms with E-state index in [1.807, 2.05) is 24.3 Å². The van der Waals surface area contributed by atoms with Crippen LogP contribution in [0.3, 0.4) is 0 Å². The maximum atomic E-state index is 12.2. The zero-order valence-electron chi connectivity index (χ0n) is 17.5. The Morgan fingerprint density at radius 1 is 0.966 bits per heavy atom. The second-order valence-electron chi connectivity index (χ2n) is 7.63. The van der Waals surface area contributed by atoms with Crippen molar-refractivity contribution in [1.82, 2.24) is 5.32 Å². The summed E-state index contributed by atoms with van der Waals surface area (Å²) in [5.41, 5.74) is 2.79. The number of rotatable bonds is 9. The Kier molecular flexibility index (Phi) is 7.90. The maximum absolute atomic E-state index is 12.2. The third kappa shape index (κ3) is 6.48. The summed E-state index contributed by atoms with van der Waals surface area (Å²) in [5.74, 6) is 1.49. The fourth-order valence-electron chi connectivity index (χ4n) is 3.77. The van der Waals surface area contributed by atoms with E-state index in [1.165, 1.54) is 16.0 Å². The van der Waals surface area contributed by atoms with Crippen LogP contribution >= 0.6 is 0 Å². The van der Waals surface area contributed by atoms with Crippen molar-refractivity contribution in [1.29, 1.82) is 0 Å². The average molecular weight is 400 g/mol. The van der Waals surface area contributed by atoms with Crippen molar-refractivity contribution in [2.24, 2.45) is 0 Å². The molecule has 0 bridgehead atoms. The number of methoxy groups -OCH3 is 1. The second-order valence-corrected chi connectivity index (χ2v) is 7.63. The van der Waals surface area contributed by atoms with Crippen molar-refractivity contribution in [2.45, 2.75) is 13.5 Å². The Labute approximate surface area is 173 Å². The molecule has 3 N–H and O–H groups in total. The molecule has 1 aliphatic heterocycles. The van der Waals surface area contributed by atoms with Crippen LogP contribution in [0.15, 0.2) is 48.5 Å². The molecular weight excluding hydrogens is 366 g/mol. The minimum Gasteiger partial charge on any atom is -0.493 e. The van der Waals surface area contributed by atoms with Gasteiger partial charge in [0, 0.05) is 5.56 Å². The van der Waals surface area contributed by atoms with E-state index in [4.69, 9.17) is 9.47 Å². The van der Waals surface area contributed by atoms with Gasteiger partial charge in [-0.25, -0.2) is 0 Å². The number of aryl methyl sites for hydroxylation is 1. The summed E-state index contributed by atoms with van der Waals surface area (Å²) >= 11 is 0. The lowest BCUT2D eigenvalue weighted by Crippen LogP contribution is -3.28. The van der Waals surface area contributed by atoms with Gasteiger partial charge in [-0.2, -0.15) is 0 Å². The number of quaternary nitrogens is 2. The molecule has 0 spiro atoms. The molecule has 0 unspecified atom stereocenters. The van der Waals surface area contributed by atoms with Gasteiger partial charge in [-0.05, 0) is 24.6 Å². The first kappa shape index (κ1) is 21.1. The van der Waals surface area contributed by atoms with E-state index in [1.54, 1.807) is 12.0 Å². The van der Waals surface area contributed by atoms with Gasteiger partial charge in [0.1, 0.15) is 39.3 Å². The summed E-state index contributed by atoms with van der Waals surface area (Å²) in [4.78, 5) is 15.2. The largest absolute Gasteiger partial charge is 0.493 e. The molecular formula is C23H33N3O3+2. The van der Waals surface area contributed by atoms with Crippen LogP contribution in [0.25, 0.3) is 0 Å². The predicted molar refractivity (Wildman–Crippen MR) is 113 cm³/mol. The number of amides is 1. The van der Waals surface area contributed by atoms with Gasteiger partial charge in [0.25, 0.3) is 5.91 Å². The lowest BCUT2D eigenvalue weighted by Gasteiger charge is -2.29. The third-order valence-electron chi connectivity index (χ3n) is 5.53. The number of carbonyl (C=O) groups is 1. The zero-order valence-corrected chi connectivity index (χ0v) is 17.5. The van der Waals surface area contributed by atoms with E-state index >= 15 is 0 Å². The van der Waals surface area contributed by atoms with Crippen molar-refractivity contribution < 1.29 is 24.1 Å². The first-order valence-electron chi connectivity index (χ1n) is 10.4. The fraction of sp³-hybridized carbons (Fsp3) is 0.435. The van der Waals surface area contributed by atoms with Crippen molar-refractivity contribution in [3.05, 3.63) is 59.7 Å². The molecule has 2 aromatic rings. The SMILES string of the molecule is COc1ccccc1OCCNC(=O)C[NH+]1CC[NH+](Cc2ccccc2C)CC1. The van der Waals surface area contributed by atoms with E-state index < -0.39 is 0 Å². The lowest BCUT2D eigenvalue weighted by atomic mass is 10.1. The zero-order chi connectivity index (χ0) is 20.5. The molecule has 6 heteroatoms. The number of piperazine rings is 1. The van der Waals surface area contributed by atoms with Gasteiger partial charge < -0.3 is 24.6 Å². The molecule has 1 fully saturated rings. The number of carbonyl (C=O) groups excluding carboxylic acids is 1. The summed E-state index contributed by atoms with van der Waals surface area (Å²) in [6.07, 6.45) is 0. The molecule has 0 radical (unpaired) electrons. The highest BCUT2D eigenvalue weighted by Gasteiger charge is 2.25. The molecule has 6 nitrogen and oxygen atoms in total. The molecule has 156 valence electrons. The highest BCUT2D eigenvalue weighted by molar-refractivity contribution is 5.76. The number of benzene rings is 2. The van der Waals surface area contributed by atoms with Crippen LogP contribution < -0.4 is 24.6 Å². The predicted octanol–water partition coefficient (Wildman–Crippen LogP) is -0.518. The van der Waals surface area contributed by atoms with E-state index in [0.29, 0.717) is 31.2 Å². The Hall–Kier alpha value is -2.57. The van der Waals surface area contributed by atoms with Crippen molar-refractivity contribution in [3.63, 3.8) is 0 Å². The van der Waals surface area contributed by atoms with Crippen LogP contribution in [-0.4, -0.2) is 58.9 Å². The molecule has 0 aromatic heterocycles. The van der Waals surface area contributed by atoms with Crippen LogP contribution in [-0.2, 0) is 11.3 Å². The van der Waals surface area contributed by atoms with Crippen molar-refractivity contribution in [2.75, 3.05) is 53.0 Å². The Bertz CT molecular complexity index is 788. The maximum Gasteiger partial charge on any atom is 0.275 e. The molecule has 3 rings (SSSR count). The monoisotopic (exact) mass is 399 g/mol. The third-order valence-corrected chi connectivity index (χ3v) is 5.53. The summed E-state index contributed by atoms with van der Waals surface area (Å²) in [5, 5.41) is 2.96. The molecule has 1 aliphatic rings. The molecule has 1 saturated heterocycles. The van der Waals surface area contributed by atoms with Crippen LogP contribution in [0.1, 0.15) is 11.1 Å². The van der Waals surface area contributed by atoms with Gasteiger partial charge in [-0.3, -0.25) is 4.79 Å². The van der Waals surface area contributed by atoms with Crippen molar-refractivity contribution in [3.8, 4) is 11.5 Å². The molecule has 1 amide bonds. The summed E-state index contributed by atoms with van der Waals surface area (Å²) < 4.78 is 11.0. The van der Waals surface area contributed by atoms with Gasteiger partial charge in [0.2, 0.25) is 0 Å². The van der Waals surface area contributed by atoms with E-state index in [0.717, 1.165) is 32.7 Å². The molecule has 0 aliphatic carbocycles. The van der Waals surface area contributed by atoms with E-state index in [9.17, 15) is 4.79 Å². The quantitative estimate of drug-likeness (QED) is 0.498. The first-order valence-corrected chi connectivity index (χ1v) is 10.4. The molecule has 0 atom stereocenters. The van der Waals surface area contributed by atoms with E-state index in [2.05, 4.69) is 36.5 Å². The van der Waals surface area contributed by atoms with Crippen LogP contribution in [0.2, 0.25) is 0 Å². The highest BCUT2D eigenvalue weighted by Crippen LogP contribution is 2.25. The Morgan fingerprint density at radius 3 is 2.34 bits per heavy atom. The number of hydrogen-bond acceptors (Lipinski definition) is 3. The van der Waals surface area contributed by atoms with Gasteiger partial charge in [-0.15, -0.1) is 0 Å². The van der Waals surface area contributed by atoms with Crippen molar-refractivity contribution >= 4 is 5.91 Å². The fourth-order valence-corrected chi connectivity index (χ4v) is 3.77. The van der Waals surface area contributed by atoms with Gasteiger partial charge in [0.05, 0.1) is 13.7 Å². The van der Waals surface area contributed by atoms with Gasteiger partial charge >= 0.3 is 0 Å². The first-order chi connectivity index (χ1) is 14.2. The normalized spacial score (nSPS) is 18.8. The smallest absolute Gasteiger partial charge is 0.275 e. The molecule has 1 heterocycles. The number of hydrogen-bond donors (Lipinski definition) is 3. The van der Waals surface area contributed by atoms with Gasteiger partial charge in [-0.1, -0.05) is 36.4 Å². The summed E-state index contributed by atoms with van der Waals surface area (Å²) in [6, 6.07) is 16.1. The molecule has 2 aromatic carbocycles. The van der Waals surface area contributed by atoms with Crippen LogP contribution in [0.4, 0.5) is 0 Å². The lowest BCUT2D eigenvalue weighted by molar-refractivity contribution is -1.02. The minimum atomic E-state index is 0.0889. The average Bonchev–Trinajstić information content (AvgIpc) is 2.74. The second kappa shape index (κ2) is 10.8. The standard InChI is InChI=1S/C23H31N3O3/c1-19-7-3-4-8-20(19)17-25-12-14-26(15-13-25)18-23(27)24-11-16-29-22-10-6-5-9-21(22)28-2/h3-10H,11-18H2,1-2H3,(H,24,27)/p+2. The topological polar surface area (TPSA) is 56.4 Å². The van der Waals surface area contributed by atoms with Crippen LogP contribution in [0.5, 0.6) is 11.5 Å². The molecule has 0 saturated carbocycles. The Balaban J connectivity index is 1.32. The van der Waals surface area contributed by atoms with Gasteiger partial charge in [0.15, 0.2) is 18.0 Å². The molecule has 29 heavy (non-hydrogen) atoms. The highest BCUT2D eigenvalue weighted by atomic mass is 16.5. The van der Waals surface area contributed by atoms with E-state index in [-0.39, 0.29) is 5.91 Å².